The second-order valence-corrected chi connectivity index (χ2v) is 11.8. The van der Waals surface area contributed by atoms with E-state index >= 15 is 4.39 Å². The van der Waals surface area contributed by atoms with Crippen LogP contribution in [0.3, 0.4) is 0 Å². The fourth-order valence-electron chi connectivity index (χ4n) is 7.67. The van der Waals surface area contributed by atoms with Crippen LogP contribution in [0.15, 0.2) is 73.3 Å². The van der Waals surface area contributed by atoms with E-state index < -0.39 is 53.6 Å². The van der Waals surface area contributed by atoms with Crippen LogP contribution in [0.2, 0.25) is 0 Å². The first kappa shape index (κ1) is 28.0. The van der Waals surface area contributed by atoms with Crippen molar-refractivity contribution in [3.8, 4) is 11.8 Å². The second kappa shape index (κ2) is 10.4. The number of nitrogens with zero attached hydrogens (tertiary/aromatic N) is 5. The van der Waals surface area contributed by atoms with E-state index in [0.29, 0.717) is 18.4 Å². The average molecular weight is 603 g/mol. The summed E-state index contributed by atoms with van der Waals surface area (Å²) in [6.45, 7) is 0.201. The summed E-state index contributed by atoms with van der Waals surface area (Å²) in [6, 6.07) is 12.2. The average Bonchev–Trinajstić information content (AvgIpc) is 3.80. The molecule has 2 aromatic heterocycles. The quantitative estimate of drug-likeness (QED) is 0.314. The first-order valence-corrected chi connectivity index (χ1v) is 14.3. The van der Waals surface area contributed by atoms with Crippen molar-refractivity contribution in [2.45, 2.75) is 37.3 Å². The zero-order valence-electron chi connectivity index (χ0n) is 23.2. The molecule has 224 valence electrons. The predicted octanol–water partition coefficient (Wildman–Crippen LogP) is 5.26. The van der Waals surface area contributed by atoms with E-state index in [1.54, 1.807) is 6.20 Å². The van der Waals surface area contributed by atoms with Gasteiger partial charge in [-0.2, -0.15) is 23.5 Å². The van der Waals surface area contributed by atoms with Gasteiger partial charge in [-0.1, -0.05) is 36.4 Å². The second-order valence-electron chi connectivity index (χ2n) is 11.8. The van der Waals surface area contributed by atoms with Gasteiger partial charge in [0.15, 0.2) is 0 Å². The summed E-state index contributed by atoms with van der Waals surface area (Å²) in [5, 5.41) is 18.4. The van der Waals surface area contributed by atoms with Crippen molar-refractivity contribution in [2.24, 2.45) is 23.7 Å². The van der Waals surface area contributed by atoms with Gasteiger partial charge < -0.3 is 10.2 Å². The van der Waals surface area contributed by atoms with Gasteiger partial charge in [-0.15, -0.1) is 0 Å². The van der Waals surface area contributed by atoms with Gasteiger partial charge in [0.05, 0.1) is 29.1 Å². The molecule has 4 aromatic rings. The van der Waals surface area contributed by atoms with Gasteiger partial charge in [0.2, 0.25) is 5.91 Å². The van der Waals surface area contributed by atoms with Crippen molar-refractivity contribution in [1.82, 2.24) is 25.0 Å². The molecule has 2 saturated carbocycles. The number of carbonyl (C=O) groups is 2. The van der Waals surface area contributed by atoms with Crippen LogP contribution in [-0.2, 0) is 11.0 Å². The maximum Gasteiger partial charge on any atom is 0.418 e. The number of likely N-dealkylation sites (tertiary alicyclic amines) is 1. The van der Waals surface area contributed by atoms with Gasteiger partial charge in [-0.25, -0.2) is 9.07 Å². The van der Waals surface area contributed by atoms with Crippen molar-refractivity contribution in [3.63, 3.8) is 0 Å². The number of benzene rings is 2. The van der Waals surface area contributed by atoms with Crippen LogP contribution in [0.1, 0.15) is 40.4 Å². The number of pyridine rings is 1. The molecule has 1 saturated heterocycles. The summed E-state index contributed by atoms with van der Waals surface area (Å²) >= 11 is 0. The molecule has 2 aliphatic carbocycles. The van der Waals surface area contributed by atoms with Crippen LogP contribution < -0.4 is 5.32 Å². The van der Waals surface area contributed by atoms with E-state index in [0.717, 1.165) is 21.5 Å². The summed E-state index contributed by atoms with van der Waals surface area (Å²) in [6.07, 6.45) is 0.817. The number of rotatable bonds is 5. The Morgan fingerprint density at radius 1 is 1.02 bits per heavy atom. The third kappa shape index (κ3) is 4.49. The van der Waals surface area contributed by atoms with E-state index in [1.165, 1.54) is 41.7 Å². The normalized spacial score (nSPS) is 26.4. The zero-order valence-corrected chi connectivity index (χ0v) is 23.2. The molecule has 44 heavy (non-hydrogen) atoms. The molecule has 3 heterocycles. The lowest BCUT2D eigenvalue weighted by molar-refractivity contribution is -0.137. The van der Waals surface area contributed by atoms with Crippen molar-refractivity contribution in [1.29, 1.82) is 5.26 Å². The number of fused-ring (bicyclic) bond motifs is 6. The van der Waals surface area contributed by atoms with Gasteiger partial charge in [0.25, 0.3) is 5.91 Å². The number of hydrogen-bond acceptors (Lipinski definition) is 5. The molecule has 7 rings (SSSR count). The number of nitrogens with one attached hydrogen (secondary N) is 1. The van der Waals surface area contributed by atoms with Gasteiger partial charge >= 0.3 is 6.18 Å². The van der Waals surface area contributed by atoms with Crippen molar-refractivity contribution >= 4 is 22.6 Å². The summed E-state index contributed by atoms with van der Waals surface area (Å²) in [5.74, 6) is -2.11. The lowest BCUT2D eigenvalue weighted by atomic mass is 9.77. The first-order chi connectivity index (χ1) is 21.2. The Labute approximate surface area is 249 Å². The van der Waals surface area contributed by atoms with E-state index in [4.69, 9.17) is 0 Å². The Morgan fingerprint density at radius 3 is 2.59 bits per heavy atom. The number of nitriles is 1. The standard InChI is InChI=1S/C32H26F4N6O2/c33-25-10-18-9-21(25)28-23(18)16-41(31(44)19-13-39-42(15-19)27-8-4-3-7-24(27)32(34,35)36)29(28)30(43)40-26(11-37)22-14-38-12-17-5-1-2-6-20(17)22/h1-8,12-15,18,21,23,25-26,28-29H,9-10,16H2,(H,40,43)/t18-,21+,23+,25+,26?,28-,29-/m0/s1. The molecular weight excluding hydrogens is 576 g/mol. The smallest absolute Gasteiger partial charge is 0.335 e. The predicted molar refractivity (Wildman–Crippen MR) is 150 cm³/mol. The highest BCUT2D eigenvalue weighted by Crippen LogP contribution is 2.58. The fraction of sp³-hybridized carbons (Fsp3) is 0.344. The molecule has 12 heteroatoms. The van der Waals surface area contributed by atoms with Crippen LogP contribution >= 0.6 is 0 Å². The van der Waals surface area contributed by atoms with Crippen LogP contribution in [0.25, 0.3) is 16.5 Å². The SMILES string of the molecule is N#CC(NC(=O)[C@@H]1[C@@H]2[C@H](CN1C(=O)c1cnn(-c3ccccc3C(F)(F)F)c1)[C@H]1C[C@@H]2[C@H](F)C1)c1cncc2ccccc12. The maximum absolute atomic E-state index is 15.0. The Hall–Kier alpha value is -4.79. The third-order valence-electron chi connectivity index (χ3n) is 9.51. The summed E-state index contributed by atoms with van der Waals surface area (Å²) in [4.78, 5) is 33.6. The summed E-state index contributed by atoms with van der Waals surface area (Å²) in [7, 11) is 0. The molecule has 7 atom stereocenters. The molecule has 0 spiro atoms. The number of carbonyl (C=O) groups excluding carboxylic acids is 2. The third-order valence-corrected chi connectivity index (χ3v) is 9.51. The minimum Gasteiger partial charge on any atom is -0.335 e. The van der Waals surface area contributed by atoms with Crippen molar-refractivity contribution in [2.75, 3.05) is 6.54 Å². The van der Waals surface area contributed by atoms with Gasteiger partial charge in [0.1, 0.15) is 18.3 Å². The van der Waals surface area contributed by atoms with Crippen LogP contribution in [0, 0.1) is 35.0 Å². The van der Waals surface area contributed by atoms with Crippen molar-refractivity contribution < 1.29 is 27.2 Å². The topological polar surface area (TPSA) is 104 Å². The molecule has 1 unspecified atom stereocenters. The van der Waals surface area contributed by atoms with E-state index in [-0.39, 0.29) is 29.6 Å². The highest BCUT2D eigenvalue weighted by molar-refractivity contribution is 5.98. The maximum atomic E-state index is 15.0. The molecule has 3 aliphatic rings. The lowest BCUT2D eigenvalue weighted by Gasteiger charge is -2.32. The van der Waals surface area contributed by atoms with E-state index in [9.17, 15) is 28.0 Å². The molecule has 1 N–H and O–H groups in total. The number of halogens is 4. The first-order valence-electron chi connectivity index (χ1n) is 14.3. The zero-order chi connectivity index (χ0) is 30.7. The number of amides is 2. The number of para-hydroxylation sites is 1. The Bertz CT molecular complexity index is 1810. The van der Waals surface area contributed by atoms with Gasteiger partial charge in [-0.3, -0.25) is 14.6 Å². The number of alkyl halides is 4. The Kier molecular flexibility index (Phi) is 6.64. The molecule has 1 aliphatic heterocycles. The molecule has 2 bridgehead atoms. The minimum atomic E-state index is -4.64. The molecule has 2 aromatic carbocycles. The fourth-order valence-corrected chi connectivity index (χ4v) is 7.67. The van der Waals surface area contributed by atoms with Crippen LogP contribution in [0.4, 0.5) is 17.6 Å². The van der Waals surface area contributed by atoms with Crippen molar-refractivity contribution in [3.05, 3.63) is 90.0 Å². The molecular formula is C32H26F4N6O2. The Balaban J connectivity index is 1.21. The summed E-state index contributed by atoms with van der Waals surface area (Å²) < 4.78 is 57.0. The van der Waals surface area contributed by atoms with Crippen LogP contribution in [0.5, 0.6) is 0 Å². The summed E-state index contributed by atoms with van der Waals surface area (Å²) in [5.41, 5.74) is -0.664. The number of hydrogen-bond donors (Lipinski definition) is 1. The van der Waals surface area contributed by atoms with Gasteiger partial charge in [-0.05, 0) is 54.0 Å². The van der Waals surface area contributed by atoms with E-state index in [1.807, 2.05) is 24.3 Å². The highest BCUT2D eigenvalue weighted by Gasteiger charge is 2.62. The van der Waals surface area contributed by atoms with E-state index in [2.05, 4.69) is 21.5 Å². The Morgan fingerprint density at radius 2 is 1.80 bits per heavy atom. The molecule has 2 amide bonds. The van der Waals surface area contributed by atoms with Gasteiger partial charge in [0, 0.05) is 36.1 Å². The number of aromatic nitrogens is 3. The largest absolute Gasteiger partial charge is 0.418 e. The molecule has 3 fully saturated rings. The van der Waals surface area contributed by atoms with Crippen LogP contribution in [-0.4, -0.2) is 50.2 Å². The highest BCUT2D eigenvalue weighted by atomic mass is 19.4. The monoisotopic (exact) mass is 602 g/mol. The molecule has 0 radical (unpaired) electrons. The minimum absolute atomic E-state index is 0.000942. The lowest BCUT2D eigenvalue weighted by Crippen LogP contribution is -2.51. The molecule has 8 nitrogen and oxygen atoms in total.